The fourth-order valence-corrected chi connectivity index (χ4v) is 3.59. The predicted molar refractivity (Wildman–Crippen MR) is 109 cm³/mol. The van der Waals surface area contributed by atoms with Gasteiger partial charge in [-0.15, -0.1) is 0 Å². The standard InChI is InChI=1S/C22H26N4O4/c1-5-18-21(14(4)24-29-18)16-8-6-7-15(23-16)20-12-26(9-10-28-20)22(27)19-11-17(13(2)3)25-30-19/h6-8,11,13,20H,5,9-10,12H2,1-4H3/t20-/m1/s1. The molecule has 0 aromatic carbocycles. The smallest absolute Gasteiger partial charge is 0.292 e. The van der Waals surface area contributed by atoms with E-state index in [2.05, 4.69) is 10.3 Å². The predicted octanol–water partition coefficient (Wildman–Crippen LogP) is 3.93. The molecule has 3 aromatic heterocycles. The minimum atomic E-state index is -0.319. The second-order valence-corrected chi connectivity index (χ2v) is 7.75. The summed E-state index contributed by atoms with van der Waals surface area (Å²) >= 11 is 0. The summed E-state index contributed by atoms with van der Waals surface area (Å²) in [5.74, 6) is 1.09. The van der Waals surface area contributed by atoms with Gasteiger partial charge in [-0.05, 0) is 25.0 Å². The van der Waals surface area contributed by atoms with Gasteiger partial charge in [0.15, 0.2) is 0 Å². The third kappa shape index (κ3) is 3.87. The fraction of sp³-hybridized carbons (Fsp3) is 0.455. The molecule has 0 aliphatic carbocycles. The molecule has 1 atom stereocenters. The van der Waals surface area contributed by atoms with E-state index in [1.165, 1.54) is 0 Å². The van der Waals surface area contributed by atoms with Crippen molar-refractivity contribution in [1.82, 2.24) is 20.2 Å². The lowest BCUT2D eigenvalue weighted by molar-refractivity contribution is -0.0258. The Bertz CT molecular complexity index is 1040. The number of aryl methyl sites for hydroxylation is 2. The maximum absolute atomic E-state index is 12.9. The van der Waals surface area contributed by atoms with E-state index < -0.39 is 0 Å². The Hall–Kier alpha value is -3.00. The van der Waals surface area contributed by atoms with Gasteiger partial charge in [-0.1, -0.05) is 37.2 Å². The molecule has 4 rings (SSSR count). The van der Waals surface area contributed by atoms with Crippen molar-refractivity contribution in [3.63, 3.8) is 0 Å². The Morgan fingerprint density at radius 1 is 1.27 bits per heavy atom. The number of rotatable bonds is 5. The van der Waals surface area contributed by atoms with Crippen LogP contribution < -0.4 is 0 Å². The van der Waals surface area contributed by atoms with E-state index in [0.29, 0.717) is 19.7 Å². The van der Waals surface area contributed by atoms with Gasteiger partial charge in [0.25, 0.3) is 5.91 Å². The van der Waals surface area contributed by atoms with Gasteiger partial charge in [0.2, 0.25) is 5.76 Å². The molecule has 1 saturated heterocycles. The van der Waals surface area contributed by atoms with Crippen LogP contribution >= 0.6 is 0 Å². The number of hydrogen-bond donors (Lipinski definition) is 0. The summed E-state index contributed by atoms with van der Waals surface area (Å²) in [6.07, 6.45) is 0.417. The number of morpholine rings is 1. The first-order chi connectivity index (χ1) is 14.5. The molecule has 1 aliphatic heterocycles. The van der Waals surface area contributed by atoms with Gasteiger partial charge in [-0.2, -0.15) is 0 Å². The SMILES string of the molecule is CCc1onc(C)c1-c1cccc([C@H]2CN(C(=O)c3cc(C(C)C)no3)CCO2)n1. The summed E-state index contributed by atoms with van der Waals surface area (Å²) in [6, 6.07) is 7.52. The highest BCUT2D eigenvalue weighted by Crippen LogP contribution is 2.29. The molecule has 0 spiro atoms. The summed E-state index contributed by atoms with van der Waals surface area (Å²) in [7, 11) is 0. The van der Waals surface area contributed by atoms with Crippen molar-refractivity contribution < 1.29 is 18.6 Å². The number of hydrogen-bond acceptors (Lipinski definition) is 7. The van der Waals surface area contributed by atoms with Gasteiger partial charge in [-0.25, -0.2) is 4.98 Å². The molecule has 0 saturated carbocycles. The molecule has 30 heavy (non-hydrogen) atoms. The zero-order valence-corrected chi connectivity index (χ0v) is 17.7. The lowest BCUT2D eigenvalue weighted by atomic mass is 10.1. The molecule has 0 unspecified atom stereocenters. The molecule has 3 aromatic rings. The molecule has 158 valence electrons. The summed E-state index contributed by atoms with van der Waals surface area (Å²) in [5.41, 5.74) is 4.07. The van der Waals surface area contributed by atoms with Crippen molar-refractivity contribution in [1.29, 1.82) is 0 Å². The van der Waals surface area contributed by atoms with Crippen molar-refractivity contribution in [2.75, 3.05) is 19.7 Å². The molecular weight excluding hydrogens is 384 g/mol. The zero-order valence-electron chi connectivity index (χ0n) is 17.7. The lowest BCUT2D eigenvalue weighted by Gasteiger charge is -2.32. The second kappa shape index (κ2) is 8.39. The van der Waals surface area contributed by atoms with Gasteiger partial charge in [0.1, 0.15) is 11.9 Å². The average molecular weight is 410 g/mol. The highest BCUT2D eigenvalue weighted by molar-refractivity contribution is 5.91. The van der Waals surface area contributed by atoms with Crippen molar-refractivity contribution >= 4 is 5.91 Å². The average Bonchev–Trinajstić information content (AvgIpc) is 3.40. The van der Waals surface area contributed by atoms with Gasteiger partial charge < -0.3 is 18.7 Å². The number of aromatic nitrogens is 3. The molecule has 0 radical (unpaired) electrons. The van der Waals surface area contributed by atoms with Crippen LogP contribution in [0.4, 0.5) is 0 Å². The summed E-state index contributed by atoms with van der Waals surface area (Å²) < 4.78 is 16.6. The molecular formula is C22H26N4O4. The topological polar surface area (TPSA) is 94.5 Å². The van der Waals surface area contributed by atoms with Crippen LogP contribution in [-0.2, 0) is 11.2 Å². The zero-order chi connectivity index (χ0) is 21.3. The minimum Gasteiger partial charge on any atom is -0.368 e. The number of amides is 1. The van der Waals surface area contributed by atoms with Crippen LogP contribution in [0.5, 0.6) is 0 Å². The third-order valence-electron chi connectivity index (χ3n) is 5.30. The summed E-state index contributed by atoms with van der Waals surface area (Å²) in [6.45, 7) is 9.28. The molecule has 1 fully saturated rings. The molecule has 4 heterocycles. The quantitative estimate of drug-likeness (QED) is 0.629. The Morgan fingerprint density at radius 3 is 2.83 bits per heavy atom. The van der Waals surface area contributed by atoms with Crippen molar-refractivity contribution in [2.45, 2.75) is 46.1 Å². The minimum absolute atomic E-state index is 0.179. The highest BCUT2D eigenvalue weighted by Gasteiger charge is 2.29. The van der Waals surface area contributed by atoms with Gasteiger partial charge in [0.05, 0.1) is 41.5 Å². The van der Waals surface area contributed by atoms with Crippen molar-refractivity contribution in [2.24, 2.45) is 0 Å². The monoisotopic (exact) mass is 410 g/mol. The van der Waals surface area contributed by atoms with Gasteiger partial charge in [-0.3, -0.25) is 4.79 Å². The van der Waals surface area contributed by atoms with Crippen molar-refractivity contribution in [3.05, 3.63) is 52.9 Å². The molecule has 0 bridgehead atoms. The largest absolute Gasteiger partial charge is 0.368 e. The molecule has 1 aliphatic rings. The fourth-order valence-electron chi connectivity index (χ4n) is 3.59. The Morgan fingerprint density at radius 2 is 2.10 bits per heavy atom. The van der Waals surface area contributed by atoms with E-state index in [-0.39, 0.29) is 23.7 Å². The van der Waals surface area contributed by atoms with E-state index in [1.54, 1.807) is 11.0 Å². The van der Waals surface area contributed by atoms with Crippen LogP contribution in [0, 0.1) is 6.92 Å². The van der Waals surface area contributed by atoms with E-state index in [1.807, 2.05) is 45.9 Å². The van der Waals surface area contributed by atoms with E-state index in [9.17, 15) is 4.79 Å². The molecule has 8 heteroatoms. The van der Waals surface area contributed by atoms with Crippen LogP contribution in [-0.4, -0.2) is 45.8 Å². The van der Waals surface area contributed by atoms with Crippen LogP contribution in [0.2, 0.25) is 0 Å². The number of nitrogens with zero attached hydrogens (tertiary/aromatic N) is 4. The van der Waals surface area contributed by atoms with E-state index in [0.717, 1.165) is 40.5 Å². The van der Waals surface area contributed by atoms with E-state index >= 15 is 0 Å². The van der Waals surface area contributed by atoms with Crippen LogP contribution in [0.25, 0.3) is 11.3 Å². The molecule has 8 nitrogen and oxygen atoms in total. The highest BCUT2D eigenvalue weighted by atomic mass is 16.5. The lowest BCUT2D eigenvalue weighted by Crippen LogP contribution is -2.42. The maximum atomic E-state index is 12.9. The maximum Gasteiger partial charge on any atom is 0.292 e. The Labute approximate surface area is 175 Å². The second-order valence-electron chi connectivity index (χ2n) is 7.75. The number of pyridine rings is 1. The number of ether oxygens (including phenoxy) is 1. The first-order valence-electron chi connectivity index (χ1n) is 10.3. The van der Waals surface area contributed by atoms with Crippen LogP contribution in [0.1, 0.15) is 66.2 Å². The number of carbonyl (C=O) groups is 1. The molecule has 1 amide bonds. The van der Waals surface area contributed by atoms with Gasteiger partial charge >= 0.3 is 0 Å². The Balaban J connectivity index is 1.55. The third-order valence-corrected chi connectivity index (χ3v) is 5.30. The van der Waals surface area contributed by atoms with Crippen molar-refractivity contribution in [3.8, 4) is 11.3 Å². The number of carbonyl (C=O) groups excluding carboxylic acids is 1. The molecule has 0 N–H and O–H groups in total. The first-order valence-corrected chi connectivity index (χ1v) is 10.3. The summed E-state index contributed by atoms with van der Waals surface area (Å²) in [5, 5.41) is 8.07. The first kappa shape index (κ1) is 20.3. The normalized spacial score (nSPS) is 17.0. The van der Waals surface area contributed by atoms with E-state index in [4.69, 9.17) is 18.8 Å². The Kier molecular flexibility index (Phi) is 5.67. The van der Waals surface area contributed by atoms with Gasteiger partial charge in [0, 0.05) is 19.0 Å². The van der Waals surface area contributed by atoms with Crippen LogP contribution in [0.15, 0.2) is 33.3 Å². The van der Waals surface area contributed by atoms with Crippen LogP contribution in [0.3, 0.4) is 0 Å². The summed E-state index contributed by atoms with van der Waals surface area (Å²) in [4.78, 5) is 19.4.